The lowest BCUT2D eigenvalue weighted by atomic mass is 10.0. The summed E-state index contributed by atoms with van der Waals surface area (Å²) in [5.41, 5.74) is 0.500. The molecular formula is C15H24S. The van der Waals surface area contributed by atoms with Crippen LogP contribution in [0.15, 0.2) is 35.0 Å². The van der Waals surface area contributed by atoms with E-state index in [9.17, 15) is 0 Å². The van der Waals surface area contributed by atoms with Crippen molar-refractivity contribution in [2.24, 2.45) is 5.41 Å². The summed E-state index contributed by atoms with van der Waals surface area (Å²) in [6, 6.07) is 8.39. The van der Waals surface area contributed by atoms with Crippen LogP contribution in [-0.4, -0.2) is 0 Å². The van der Waals surface area contributed by atoms with Crippen molar-refractivity contribution in [2.75, 3.05) is 0 Å². The molecule has 1 aromatic carbocycles. The van der Waals surface area contributed by atoms with Gasteiger partial charge in [0, 0.05) is 0 Å². The zero-order valence-electron chi connectivity index (χ0n) is 11.4. The molecule has 0 atom stereocenters. The number of fused-ring (bicyclic) bond motifs is 1. The van der Waals surface area contributed by atoms with Gasteiger partial charge in [-0.1, -0.05) is 65.8 Å². The van der Waals surface area contributed by atoms with Gasteiger partial charge in [-0.15, -0.1) is 0 Å². The predicted molar refractivity (Wildman–Crippen MR) is 78.3 cm³/mol. The second-order valence-corrected chi connectivity index (χ2v) is 5.74. The summed E-state index contributed by atoms with van der Waals surface area (Å²) in [5, 5.41) is 7.02. The van der Waals surface area contributed by atoms with Gasteiger partial charge in [-0.2, -0.15) is 11.3 Å². The van der Waals surface area contributed by atoms with Crippen molar-refractivity contribution >= 4 is 22.1 Å². The number of hydrogen-bond acceptors (Lipinski definition) is 1. The first kappa shape index (κ1) is 15.2. The summed E-state index contributed by atoms with van der Waals surface area (Å²) in [6.45, 7) is 12.8. The minimum Gasteiger partial charge on any atom is -0.151 e. The Balaban J connectivity index is 0.000000280. The highest BCUT2D eigenvalue weighted by atomic mass is 32.1. The van der Waals surface area contributed by atoms with Gasteiger partial charge in [0.2, 0.25) is 0 Å². The van der Waals surface area contributed by atoms with Gasteiger partial charge in [0.1, 0.15) is 0 Å². The van der Waals surface area contributed by atoms with Gasteiger partial charge < -0.3 is 0 Å². The average Bonchev–Trinajstić information content (AvgIpc) is 2.66. The summed E-state index contributed by atoms with van der Waals surface area (Å²) < 4.78 is 0. The van der Waals surface area contributed by atoms with Gasteiger partial charge in [0.25, 0.3) is 0 Å². The lowest BCUT2D eigenvalue weighted by Crippen LogP contribution is -1.93. The minimum atomic E-state index is 0.500. The van der Waals surface area contributed by atoms with Crippen LogP contribution < -0.4 is 0 Å². The fraction of sp³-hybridized carbons (Fsp3) is 0.467. The van der Waals surface area contributed by atoms with Crippen LogP contribution in [0.2, 0.25) is 0 Å². The summed E-state index contributed by atoms with van der Waals surface area (Å²) in [4.78, 5) is 0. The van der Waals surface area contributed by atoms with Crippen molar-refractivity contribution in [2.45, 2.75) is 41.5 Å². The van der Waals surface area contributed by atoms with E-state index >= 15 is 0 Å². The summed E-state index contributed by atoms with van der Waals surface area (Å²) >= 11 is 1.75. The third-order valence-electron chi connectivity index (χ3n) is 1.39. The fourth-order valence-electron chi connectivity index (χ4n) is 0.906. The Kier molecular flexibility index (Phi) is 7.07. The van der Waals surface area contributed by atoms with E-state index in [1.807, 2.05) is 13.8 Å². The van der Waals surface area contributed by atoms with Gasteiger partial charge in [0.05, 0.1) is 0 Å². The molecule has 0 spiro atoms. The molecular weight excluding hydrogens is 212 g/mol. The molecule has 1 heterocycles. The molecule has 0 radical (unpaired) electrons. The molecule has 90 valence electrons. The Morgan fingerprint density at radius 2 is 1.12 bits per heavy atom. The molecule has 2 rings (SSSR count). The topological polar surface area (TPSA) is 0 Å². The molecule has 0 N–H and O–H groups in total. The third kappa shape index (κ3) is 7.47. The SMILES string of the molecule is CC.CC(C)(C)C.c1ccc2cscc2c1. The maximum atomic E-state index is 2.19. The van der Waals surface area contributed by atoms with Crippen molar-refractivity contribution in [1.29, 1.82) is 0 Å². The van der Waals surface area contributed by atoms with E-state index in [-0.39, 0.29) is 0 Å². The Hall–Kier alpha value is -0.820. The van der Waals surface area contributed by atoms with Crippen molar-refractivity contribution < 1.29 is 0 Å². The van der Waals surface area contributed by atoms with Crippen LogP contribution in [0, 0.1) is 5.41 Å². The maximum Gasteiger partial charge on any atom is -0.00145 e. The first-order valence-electron chi connectivity index (χ1n) is 5.88. The molecule has 0 bridgehead atoms. The maximum absolute atomic E-state index is 2.19. The third-order valence-corrected chi connectivity index (χ3v) is 2.17. The highest BCUT2D eigenvalue weighted by molar-refractivity contribution is 7.09. The normalized spacial score (nSPS) is 9.88. The molecule has 0 unspecified atom stereocenters. The van der Waals surface area contributed by atoms with E-state index in [4.69, 9.17) is 0 Å². The Bertz CT molecular complexity index is 343. The number of thiophene rings is 1. The van der Waals surface area contributed by atoms with Crippen molar-refractivity contribution in [3.05, 3.63) is 35.0 Å². The number of hydrogen-bond donors (Lipinski definition) is 0. The standard InChI is InChI=1S/C8H6S.C5H12.C2H6/c1-2-4-8-6-9-5-7(8)3-1;1-5(2,3)4;1-2/h1-6H;1-4H3;1-2H3. The van der Waals surface area contributed by atoms with E-state index in [1.165, 1.54) is 10.8 Å². The highest BCUT2D eigenvalue weighted by Crippen LogP contribution is 2.17. The lowest BCUT2D eigenvalue weighted by molar-refractivity contribution is 0.469. The molecule has 1 aromatic heterocycles. The minimum absolute atomic E-state index is 0.500. The first-order valence-corrected chi connectivity index (χ1v) is 6.82. The van der Waals surface area contributed by atoms with Crippen LogP contribution in [0.3, 0.4) is 0 Å². The second-order valence-electron chi connectivity index (χ2n) is 5.00. The van der Waals surface area contributed by atoms with Crippen LogP contribution in [0.25, 0.3) is 10.8 Å². The van der Waals surface area contributed by atoms with Crippen LogP contribution in [0.4, 0.5) is 0 Å². The predicted octanol–water partition coefficient (Wildman–Crippen LogP) is 5.98. The monoisotopic (exact) mass is 236 g/mol. The Labute approximate surface area is 104 Å². The van der Waals surface area contributed by atoms with E-state index in [1.54, 1.807) is 11.3 Å². The lowest BCUT2D eigenvalue weighted by Gasteiger charge is -2.05. The van der Waals surface area contributed by atoms with Gasteiger partial charge in [-0.25, -0.2) is 0 Å². The van der Waals surface area contributed by atoms with E-state index in [0.717, 1.165) is 0 Å². The molecule has 0 saturated heterocycles. The molecule has 0 saturated carbocycles. The molecule has 0 fully saturated rings. The molecule has 0 amide bonds. The molecule has 0 aliphatic carbocycles. The van der Waals surface area contributed by atoms with Crippen LogP contribution in [0.5, 0.6) is 0 Å². The van der Waals surface area contributed by atoms with Gasteiger partial charge in [0.15, 0.2) is 0 Å². The van der Waals surface area contributed by atoms with Crippen LogP contribution >= 0.6 is 11.3 Å². The van der Waals surface area contributed by atoms with E-state index < -0.39 is 0 Å². The summed E-state index contributed by atoms with van der Waals surface area (Å²) in [7, 11) is 0. The largest absolute Gasteiger partial charge is 0.151 e. The van der Waals surface area contributed by atoms with Crippen LogP contribution in [-0.2, 0) is 0 Å². The van der Waals surface area contributed by atoms with Gasteiger partial charge >= 0.3 is 0 Å². The number of rotatable bonds is 0. The average molecular weight is 236 g/mol. The molecule has 0 nitrogen and oxygen atoms in total. The molecule has 0 aliphatic heterocycles. The van der Waals surface area contributed by atoms with E-state index in [2.05, 4.69) is 62.7 Å². The van der Waals surface area contributed by atoms with Crippen molar-refractivity contribution in [3.8, 4) is 0 Å². The number of benzene rings is 1. The Morgan fingerprint density at radius 3 is 1.44 bits per heavy atom. The van der Waals surface area contributed by atoms with E-state index in [0.29, 0.717) is 5.41 Å². The molecule has 2 aromatic rings. The Morgan fingerprint density at radius 1 is 0.812 bits per heavy atom. The second kappa shape index (κ2) is 7.45. The quantitative estimate of drug-likeness (QED) is 0.528. The van der Waals surface area contributed by atoms with Crippen LogP contribution in [0.1, 0.15) is 41.5 Å². The smallest absolute Gasteiger partial charge is 0.00145 e. The molecule has 16 heavy (non-hydrogen) atoms. The van der Waals surface area contributed by atoms with Crippen molar-refractivity contribution in [3.63, 3.8) is 0 Å². The highest BCUT2D eigenvalue weighted by Gasteiger charge is 1.95. The molecule has 0 aliphatic rings. The summed E-state index contributed by atoms with van der Waals surface area (Å²) in [5.74, 6) is 0. The van der Waals surface area contributed by atoms with Crippen molar-refractivity contribution in [1.82, 2.24) is 0 Å². The van der Waals surface area contributed by atoms with Gasteiger partial charge in [-0.3, -0.25) is 0 Å². The summed E-state index contributed by atoms with van der Waals surface area (Å²) in [6.07, 6.45) is 0. The fourth-order valence-corrected chi connectivity index (χ4v) is 1.70. The molecule has 1 heteroatoms. The van der Waals surface area contributed by atoms with Gasteiger partial charge in [-0.05, 0) is 26.9 Å². The zero-order chi connectivity index (χ0) is 12.6. The zero-order valence-corrected chi connectivity index (χ0v) is 12.2. The first-order chi connectivity index (χ1) is 7.47.